The monoisotopic (exact) mass is 350 g/mol. The van der Waals surface area contributed by atoms with Gasteiger partial charge in [0, 0.05) is 43.4 Å². The van der Waals surface area contributed by atoms with E-state index in [2.05, 4.69) is 20.6 Å². The summed E-state index contributed by atoms with van der Waals surface area (Å²) < 4.78 is 14.3. The van der Waals surface area contributed by atoms with E-state index < -0.39 is 11.9 Å². The molecule has 2 aromatic heterocycles. The van der Waals surface area contributed by atoms with Crippen LogP contribution in [0, 0.1) is 5.82 Å². The molecule has 0 fully saturated rings. The van der Waals surface area contributed by atoms with Crippen molar-refractivity contribution in [1.82, 2.24) is 20.6 Å². The van der Waals surface area contributed by atoms with Crippen molar-refractivity contribution >= 4 is 5.91 Å². The molecule has 0 bridgehead atoms. The number of nitrogens with zero attached hydrogens (tertiary/aromatic N) is 2. The topological polar surface area (TPSA) is 66.9 Å². The van der Waals surface area contributed by atoms with E-state index in [1.807, 2.05) is 24.3 Å². The Bertz CT molecular complexity index is 843. The van der Waals surface area contributed by atoms with Crippen molar-refractivity contribution in [2.75, 3.05) is 0 Å². The largest absolute Gasteiger partial charge is 0.350 e. The lowest BCUT2D eigenvalue weighted by molar-refractivity contribution is -0.123. The Kier molecular flexibility index (Phi) is 6.01. The molecule has 26 heavy (non-hydrogen) atoms. The van der Waals surface area contributed by atoms with Gasteiger partial charge in [0.05, 0.1) is 0 Å². The summed E-state index contributed by atoms with van der Waals surface area (Å²) >= 11 is 0. The number of hydrogen-bond donors (Lipinski definition) is 2. The molecule has 132 valence electrons. The maximum Gasteiger partial charge on any atom is 0.242 e. The Hall–Kier alpha value is -3.12. The zero-order valence-electron chi connectivity index (χ0n) is 14.1. The molecule has 6 heteroatoms. The summed E-state index contributed by atoms with van der Waals surface area (Å²) in [5.74, 6) is -0.709. The molecule has 0 aliphatic heterocycles. The van der Waals surface area contributed by atoms with E-state index in [4.69, 9.17) is 0 Å². The smallest absolute Gasteiger partial charge is 0.242 e. The third-order valence-electron chi connectivity index (χ3n) is 3.95. The lowest BCUT2D eigenvalue weighted by Gasteiger charge is -2.19. The molecule has 0 spiro atoms. The minimum absolute atomic E-state index is 0.291. The number of amides is 1. The van der Waals surface area contributed by atoms with Crippen LogP contribution in [0.1, 0.15) is 22.7 Å². The number of rotatable bonds is 7. The van der Waals surface area contributed by atoms with Crippen LogP contribution in [-0.2, 0) is 17.9 Å². The molecule has 3 rings (SSSR count). The first-order chi connectivity index (χ1) is 12.7. The lowest BCUT2D eigenvalue weighted by Crippen LogP contribution is -2.37. The predicted molar refractivity (Wildman–Crippen MR) is 96.3 cm³/mol. The molecule has 2 heterocycles. The van der Waals surface area contributed by atoms with Gasteiger partial charge in [-0.25, -0.2) is 4.39 Å². The first kappa shape index (κ1) is 17.7. The van der Waals surface area contributed by atoms with Crippen molar-refractivity contribution in [2.45, 2.75) is 19.1 Å². The van der Waals surface area contributed by atoms with Crippen molar-refractivity contribution in [3.63, 3.8) is 0 Å². The standard InChI is InChI=1S/C20H19FN4O/c21-18-4-2-1-3-17(18)19(24-13-15-5-9-22-10-6-15)20(26)25-14-16-7-11-23-12-8-16/h1-12,19,24H,13-14H2,(H,25,26). The number of halogens is 1. The second-order valence-corrected chi connectivity index (χ2v) is 5.76. The van der Waals surface area contributed by atoms with Gasteiger partial charge in [0.25, 0.3) is 0 Å². The molecule has 1 aromatic carbocycles. The van der Waals surface area contributed by atoms with Gasteiger partial charge in [-0.3, -0.25) is 20.1 Å². The van der Waals surface area contributed by atoms with Crippen LogP contribution in [0.15, 0.2) is 73.3 Å². The van der Waals surface area contributed by atoms with E-state index in [9.17, 15) is 9.18 Å². The summed E-state index contributed by atoms with van der Waals surface area (Å²) in [6, 6.07) is 12.8. The minimum atomic E-state index is -0.800. The highest BCUT2D eigenvalue weighted by molar-refractivity contribution is 5.83. The molecule has 1 unspecified atom stereocenters. The Balaban J connectivity index is 1.73. The summed E-state index contributed by atoms with van der Waals surface area (Å²) in [7, 11) is 0. The highest BCUT2D eigenvalue weighted by atomic mass is 19.1. The average molecular weight is 350 g/mol. The predicted octanol–water partition coefficient (Wildman–Crippen LogP) is 2.76. The third-order valence-corrected chi connectivity index (χ3v) is 3.95. The number of nitrogens with one attached hydrogen (secondary N) is 2. The van der Waals surface area contributed by atoms with Crippen molar-refractivity contribution < 1.29 is 9.18 Å². The van der Waals surface area contributed by atoms with Gasteiger partial charge in [-0.05, 0) is 41.5 Å². The van der Waals surface area contributed by atoms with Gasteiger partial charge in [0.1, 0.15) is 11.9 Å². The van der Waals surface area contributed by atoms with Crippen molar-refractivity contribution in [2.24, 2.45) is 0 Å². The summed E-state index contributed by atoms with van der Waals surface area (Å²) in [5.41, 5.74) is 2.20. The van der Waals surface area contributed by atoms with Crippen LogP contribution < -0.4 is 10.6 Å². The molecule has 1 atom stereocenters. The molecule has 2 N–H and O–H groups in total. The van der Waals surface area contributed by atoms with Crippen LogP contribution >= 0.6 is 0 Å². The van der Waals surface area contributed by atoms with E-state index in [0.29, 0.717) is 18.7 Å². The molecular weight excluding hydrogens is 331 g/mol. The number of hydrogen-bond acceptors (Lipinski definition) is 4. The first-order valence-corrected chi connectivity index (χ1v) is 8.27. The van der Waals surface area contributed by atoms with Crippen LogP contribution in [0.25, 0.3) is 0 Å². The molecule has 3 aromatic rings. The Morgan fingerprint density at radius 3 is 2.08 bits per heavy atom. The van der Waals surface area contributed by atoms with E-state index in [1.54, 1.807) is 43.0 Å². The molecule has 5 nitrogen and oxygen atoms in total. The van der Waals surface area contributed by atoms with Crippen LogP contribution in [-0.4, -0.2) is 15.9 Å². The molecule has 0 saturated carbocycles. The van der Waals surface area contributed by atoms with Crippen LogP contribution in [0.2, 0.25) is 0 Å². The van der Waals surface area contributed by atoms with Gasteiger partial charge >= 0.3 is 0 Å². The molecular formula is C20H19FN4O. The van der Waals surface area contributed by atoms with Crippen molar-refractivity contribution in [3.8, 4) is 0 Å². The van der Waals surface area contributed by atoms with Crippen molar-refractivity contribution in [1.29, 1.82) is 0 Å². The van der Waals surface area contributed by atoms with Crippen LogP contribution in [0.3, 0.4) is 0 Å². The zero-order chi connectivity index (χ0) is 18.2. The van der Waals surface area contributed by atoms with Crippen LogP contribution in [0.4, 0.5) is 4.39 Å². The molecule has 0 radical (unpaired) electrons. The van der Waals surface area contributed by atoms with E-state index in [0.717, 1.165) is 11.1 Å². The van der Waals surface area contributed by atoms with Crippen LogP contribution in [0.5, 0.6) is 0 Å². The fourth-order valence-electron chi connectivity index (χ4n) is 2.57. The number of benzene rings is 1. The van der Waals surface area contributed by atoms with Gasteiger partial charge in [0.15, 0.2) is 0 Å². The third kappa shape index (κ3) is 4.70. The maximum absolute atomic E-state index is 14.3. The highest BCUT2D eigenvalue weighted by Crippen LogP contribution is 2.18. The molecule has 1 amide bonds. The molecule has 0 aliphatic rings. The SMILES string of the molecule is O=C(NCc1ccncc1)C(NCc1ccncc1)c1ccccc1F. The lowest BCUT2D eigenvalue weighted by atomic mass is 10.0. The summed E-state index contributed by atoms with van der Waals surface area (Å²) in [4.78, 5) is 20.6. The van der Waals surface area contributed by atoms with Gasteiger partial charge in [-0.2, -0.15) is 0 Å². The Morgan fingerprint density at radius 1 is 0.885 bits per heavy atom. The Morgan fingerprint density at radius 2 is 1.46 bits per heavy atom. The van der Waals surface area contributed by atoms with E-state index in [1.165, 1.54) is 6.07 Å². The first-order valence-electron chi connectivity index (χ1n) is 8.27. The van der Waals surface area contributed by atoms with Gasteiger partial charge < -0.3 is 5.32 Å². The molecule has 0 saturated heterocycles. The number of carbonyl (C=O) groups is 1. The second-order valence-electron chi connectivity index (χ2n) is 5.76. The fraction of sp³-hybridized carbons (Fsp3) is 0.150. The van der Waals surface area contributed by atoms with Crippen molar-refractivity contribution in [3.05, 3.63) is 95.8 Å². The fourth-order valence-corrected chi connectivity index (χ4v) is 2.57. The second kappa shape index (κ2) is 8.82. The van der Waals surface area contributed by atoms with Gasteiger partial charge in [0.2, 0.25) is 5.91 Å². The van der Waals surface area contributed by atoms with E-state index in [-0.39, 0.29) is 5.91 Å². The molecule has 0 aliphatic carbocycles. The quantitative estimate of drug-likeness (QED) is 0.688. The normalized spacial score (nSPS) is 11.7. The maximum atomic E-state index is 14.3. The highest BCUT2D eigenvalue weighted by Gasteiger charge is 2.22. The minimum Gasteiger partial charge on any atom is -0.350 e. The van der Waals surface area contributed by atoms with E-state index >= 15 is 0 Å². The van der Waals surface area contributed by atoms with Gasteiger partial charge in [-0.1, -0.05) is 18.2 Å². The summed E-state index contributed by atoms with van der Waals surface area (Å²) in [6.45, 7) is 0.771. The zero-order valence-corrected chi connectivity index (χ0v) is 14.1. The number of aromatic nitrogens is 2. The summed E-state index contributed by atoms with van der Waals surface area (Å²) in [5, 5.41) is 5.99. The summed E-state index contributed by atoms with van der Waals surface area (Å²) in [6.07, 6.45) is 6.69. The van der Waals surface area contributed by atoms with Gasteiger partial charge in [-0.15, -0.1) is 0 Å². The average Bonchev–Trinajstić information content (AvgIpc) is 2.69. The number of pyridine rings is 2. The number of carbonyl (C=O) groups excluding carboxylic acids is 1. The Labute approximate surface area is 151 Å².